The molecule has 58 heavy (non-hydrogen) atoms. The Kier molecular flexibility index (Phi) is 11.7. The van der Waals surface area contributed by atoms with Gasteiger partial charge in [0.1, 0.15) is 0 Å². The molecule has 0 spiro atoms. The third-order valence-electron chi connectivity index (χ3n) is 10.5. The monoisotopic (exact) mass is 746 g/mol. The Morgan fingerprint density at radius 2 is 0.793 bits per heavy atom. The number of rotatable bonds is 13. The van der Waals surface area contributed by atoms with E-state index in [0.717, 1.165) is 40.4 Å². The maximum absolute atomic E-state index is 3.81. The van der Waals surface area contributed by atoms with Crippen LogP contribution in [0, 0.1) is 5.92 Å². The first-order valence-electron chi connectivity index (χ1n) is 19.9. The van der Waals surface area contributed by atoms with Crippen molar-refractivity contribution in [2.75, 3.05) is 9.80 Å². The van der Waals surface area contributed by atoms with E-state index in [1.807, 2.05) is 18.2 Å². The van der Waals surface area contributed by atoms with Gasteiger partial charge in [0.2, 0.25) is 0 Å². The lowest BCUT2D eigenvalue weighted by Gasteiger charge is -2.28. The Bertz CT molecular complexity index is 2560. The second-order valence-electron chi connectivity index (χ2n) is 14.3. The van der Waals surface area contributed by atoms with Crippen molar-refractivity contribution < 1.29 is 0 Å². The van der Waals surface area contributed by atoms with Crippen LogP contribution in [0.2, 0.25) is 0 Å². The summed E-state index contributed by atoms with van der Waals surface area (Å²) in [4.78, 5) is 4.62. The first kappa shape index (κ1) is 37.5. The normalized spacial score (nSPS) is 13.7. The summed E-state index contributed by atoms with van der Waals surface area (Å²) in [6.45, 7) is 7.60. The molecule has 1 aliphatic carbocycles. The Labute approximate surface area is 343 Å². The van der Waals surface area contributed by atoms with Gasteiger partial charge in [0.05, 0.1) is 0 Å². The van der Waals surface area contributed by atoms with Gasteiger partial charge in [-0.3, -0.25) is 0 Å². The first-order chi connectivity index (χ1) is 28.7. The van der Waals surface area contributed by atoms with Crippen LogP contribution >= 0.6 is 0 Å². The summed E-state index contributed by atoms with van der Waals surface area (Å²) in [5.74, 6) is 0.388. The van der Waals surface area contributed by atoms with Crippen molar-refractivity contribution in [3.8, 4) is 33.4 Å². The average molecular weight is 747 g/mol. The van der Waals surface area contributed by atoms with Crippen LogP contribution in [0.15, 0.2) is 249 Å². The standard InChI is InChI=1S/C56H46N2/c1-3-5-13-43-19-35-53(36-20-43)57(51-15-9-7-10-16-51)55-39-31-49(32-40-55)47-27-23-45(24-28-47)46-25-29-48(30-26-46)50-33-41-56(42-34-50)58(52-17-11-8-12-18-52)54-37-21-44(22-38-54)14-6-4-2/h3-21,23-42,44H,1-2,22H2/b13-5-,14-6-. The summed E-state index contributed by atoms with van der Waals surface area (Å²) in [7, 11) is 0. The molecular formula is C56H46N2. The molecule has 0 aliphatic heterocycles. The van der Waals surface area contributed by atoms with Crippen LogP contribution in [-0.4, -0.2) is 0 Å². The molecule has 280 valence electrons. The zero-order valence-corrected chi connectivity index (χ0v) is 32.6. The number of anilines is 5. The second kappa shape index (κ2) is 18.0. The van der Waals surface area contributed by atoms with Gasteiger partial charge in [-0.05, 0) is 118 Å². The Balaban J connectivity index is 0.966. The van der Waals surface area contributed by atoms with Gasteiger partial charge in [0, 0.05) is 34.1 Å². The maximum atomic E-state index is 3.81. The molecule has 0 radical (unpaired) electrons. The summed E-state index contributed by atoms with van der Waals surface area (Å²) in [5, 5.41) is 0. The molecule has 1 unspecified atom stereocenters. The van der Waals surface area contributed by atoms with Crippen molar-refractivity contribution in [2.45, 2.75) is 6.42 Å². The third kappa shape index (κ3) is 8.68. The van der Waals surface area contributed by atoms with E-state index in [0.29, 0.717) is 5.92 Å². The van der Waals surface area contributed by atoms with Gasteiger partial charge in [0.15, 0.2) is 0 Å². The molecule has 0 heterocycles. The smallest absolute Gasteiger partial charge is 0.0462 e. The Morgan fingerprint density at radius 3 is 1.21 bits per heavy atom. The zero-order chi connectivity index (χ0) is 39.5. The number of para-hydroxylation sites is 2. The van der Waals surface area contributed by atoms with E-state index in [1.165, 1.54) is 39.1 Å². The second-order valence-corrected chi connectivity index (χ2v) is 14.3. The Morgan fingerprint density at radius 1 is 0.414 bits per heavy atom. The lowest BCUT2D eigenvalue weighted by molar-refractivity contribution is 0.809. The van der Waals surface area contributed by atoms with Crippen LogP contribution in [0.1, 0.15) is 12.0 Å². The van der Waals surface area contributed by atoms with E-state index in [2.05, 4.69) is 235 Å². The average Bonchev–Trinajstić information content (AvgIpc) is 3.30. The highest BCUT2D eigenvalue weighted by molar-refractivity contribution is 5.80. The molecule has 1 atom stereocenters. The van der Waals surface area contributed by atoms with Gasteiger partial charge in [0.25, 0.3) is 0 Å². The minimum absolute atomic E-state index is 0.388. The molecule has 0 amide bonds. The minimum Gasteiger partial charge on any atom is -0.311 e. The van der Waals surface area contributed by atoms with Gasteiger partial charge < -0.3 is 9.80 Å². The number of nitrogens with zero attached hydrogens (tertiary/aromatic N) is 2. The fourth-order valence-electron chi connectivity index (χ4n) is 7.43. The van der Waals surface area contributed by atoms with Gasteiger partial charge in [-0.25, -0.2) is 0 Å². The molecule has 0 saturated heterocycles. The topological polar surface area (TPSA) is 6.48 Å². The lowest BCUT2D eigenvalue weighted by Crippen LogP contribution is -2.17. The quantitative estimate of drug-likeness (QED) is 0.108. The van der Waals surface area contributed by atoms with Crippen molar-refractivity contribution in [2.24, 2.45) is 5.92 Å². The van der Waals surface area contributed by atoms with Crippen molar-refractivity contribution in [3.63, 3.8) is 0 Å². The lowest BCUT2D eigenvalue weighted by atomic mass is 9.97. The number of hydrogen-bond donors (Lipinski definition) is 0. The fraction of sp³-hybridized carbons (Fsp3) is 0.0357. The number of hydrogen-bond acceptors (Lipinski definition) is 2. The summed E-state index contributed by atoms with van der Waals surface area (Å²) in [6.07, 6.45) is 19.7. The highest BCUT2D eigenvalue weighted by atomic mass is 15.1. The molecule has 0 bridgehead atoms. The summed E-state index contributed by atoms with van der Waals surface area (Å²) in [5.41, 5.74) is 15.1. The molecule has 8 rings (SSSR count). The SMILES string of the molecule is C=C/C=C\c1ccc(N(c2ccccc2)c2ccc(-c3ccc(-c4ccc(-c5ccc(N(C6=CCC(/C=C\C=C)C=C6)c6ccccc6)cc5)cc4)cc3)cc2)cc1. The van der Waals surface area contributed by atoms with Crippen molar-refractivity contribution in [1.29, 1.82) is 0 Å². The highest BCUT2D eigenvalue weighted by Gasteiger charge is 2.17. The van der Waals surface area contributed by atoms with Crippen molar-refractivity contribution >= 4 is 34.5 Å². The van der Waals surface area contributed by atoms with Crippen LogP contribution in [-0.2, 0) is 0 Å². The molecule has 7 aromatic carbocycles. The van der Waals surface area contributed by atoms with Crippen LogP contribution in [0.25, 0.3) is 39.5 Å². The molecule has 0 saturated carbocycles. The number of benzene rings is 7. The van der Waals surface area contributed by atoms with Crippen molar-refractivity contribution in [3.05, 3.63) is 255 Å². The molecule has 7 aromatic rings. The van der Waals surface area contributed by atoms with Gasteiger partial charge in [-0.15, -0.1) is 0 Å². The fourth-order valence-corrected chi connectivity index (χ4v) is 7.43. The molecule has 0 fully saturated rings. The van der Waals surface area contributed by atoms with Gasteiger partial charge in [-0.2, -0.15) is 0 Å². The van der Waals surface area contributed by atoms with Gasteiger partial charge in [-0.1, -0.05) is 183 Å². The largest absolute Gasteiger partial charge is 0.311 e. The molecule has 1 aliphatic rings. The van der Waals surface area contributed by atoms with E-state index in [9.17, 15) is 0 Å². The van der Waals surface area contributed by atoms with E-state index >= 15 is 0 Å². The molecule has 2 nitrogen and oxygen atoms in total. The predicted octanol–water partition coefficient (Wildman–Crippen LogP) is 15.7. The predicted molar refractivity (Wildman–Crippen MR) is 250 cm³/mol. The summed E-state index contributed by atoms with van der Waals surface area (Å²) < 4.78 is 0. The van der Waals surface area contributed by atoms with E-state index in [1.54, 1.807) is 6.08 Å². The molecular weight excluding hydrogens is 701 g/mol. The van der Waals surface area contributed by atoms with Gasteiger partial charge >= 0.3 is 0 Å². The highest BCUT2D eigenvalue weighted by Crippen LogP contribution is 2.37. The number of allylic oxidation sites excluding steroid dienone is 8. The summed E-state index contributed by atoms with van der Waals surface area (Å²) in [6, 6.07) is 65.2. The summed E-state index contributed by atoms with van der Waals surface area (Å²) >= 11 is 0. The van der Waals surface area contributed by atoms with Crippen LogP contribution < -0.4 is 9.80 Å². The van der Waals surface area contributed by atoms with Crippen molar-refractivity contribution in [1.82, 2.24) is 0 Å². The zero-order valence-electron chi connectivity index (χ0n) is 32.6. The molecule has 2 heteroatoms. The van der Waals surface area contributed by atoms with E-state index in [-0.39, 0.29) is 0 Å². The van der Waals surface area contributed by atoms with E-state index < -0.39 is 0 Å². The van der Waals surface area contributed by atoms with Crippen LogP contribution in [0.3, 0.4) is 0 Å². The third-order valence-corrected chi connectivity index (χ3v) is 10.5. The maximum Gasteiger partial charge on any atom is 0.0462 e. The van der Waals surface area contributed by atoms with Crippen LogP contribution in [0.5, 0.6) is 0 Å². The first-order valence-corrected chi connectivity index (χ1v) is 19.9. The Hall–Kier alpha value is -7.42. The van der Waals surface area contributed by atoms with Crippen LogP contribution in [0.4, 0.5) is 28.4 Å². The minimum atomic E-state index is 0.388. The van der Waals surface area contributed by atoms with E-state index in [4.69, 9.17) is 0 Å². The molecule has 0 N–H and O–H groups in total. The molecule has 0 aromatic heterocycles.